The van der Waals surface area contributed by atoms with E-state index in [0.717, 1.165) is 0 Å². The molecular weight excluding hydrogens is 170 g/mol. The number of likely N-dealkylation sites (N-methyl/N-ethyl adjacent to an activating group) is 1. The molecule has 64 valence electrons. The van der Waals surface area contributed by atoms with Gasteiger partial charge in [0.1, 0.15) is 6.04 Å². The monoisotopic (exact) mass is 179 g/mol. The lowest BCUT2D eigenvalue weighted by atomic mass is 10.3. The number of thiol groups is 1. The number of amides is 1. The maximum Gasteiger partial charge on any atom is 0.407 e. The first-order valence-corrected chi connectivity index (χ1v) is 3.43. The number of nitrogens with zero attached hydrogens (tertiary/aromatic N) is 1. The number of carboxylic acid groups (broad SMARTS) is 2. The molecule has 0 aromatic rings. The first-order valence-electron chi connectivity index (χ1n) is 2.80. The van der Waals surface area contributed by atoms with Crippen molar-refractivity contribution in [2.24, 2.45) is 0 Å². The Morgan fingerprint density at radius 3 is 2.09 bits per heavy atom. The fraction of sp³-hybridized carbons (Fsp3) is 0.600. The largest absolute Gasteiger partial charge is 0.480 e. The van der Waals surface area contributed by atoms with Crippen molar-refractivity contribution in [3.05, 3.63) is 0 Å². The molecule has 0 spiro atoms. The Bertz CT molecular complexity index is 172. The van der Waals surface area contributed by atoms with Crippen molar-refractivity contribution in [3.63, 3.8) is 0 Å². The molecule has 0 aromatic heterocycles. The minimum Gasteiger partial charge on any atom is -0.480 e. The number of aliphatic carboxylic acids is 1. The van der Waals surface area contributed by atoms with E-state index < -0.39 is 18.1 Å². The summed E-state index contributed by atoms with van der Waals surface area (Å²) in [4.78, 5) is 21.3. The van der Waals surface area contributed by atoms with Crippen LogP contribution in [0.5, 0.6) is 0 Å². The van der Waals surface area contributed by atoms with E-state index >= 15 is 0 Å². The van der Waals surface area contributed by atoms with Crippen LogP contribution in [0.1, 0.15) is 0 Å². The predicted octanol–water partition coefficient (Wildman–Crippen LogP) is -0.0208. The highest BCUT2D eigenvalue weighted by molar-refractivity contribution is 7.80. The summed E-state index contributed by atoms with van der Waals surface area (Å²) >= 11 is 3.70. The van der Waals surface area contributed by atoms with Gasteiger partial charge in [-0.3, -0.25) is 4.90 Å². The molecule has 0 radical (unpaired) electrons. The Hall–Kier alpha value is -0.910. The summed E-state index contributed by atoms with van der Waals surface area (Å²) in [7, 11) is 1.19. The van der Waals surface area contributed by atoms with Gasteiger partial charge in [0.2, 0.25) is 0 Å². The Morgan fingerprint density at radius 2 is 2.00 bits per heavy atom. The Morgan fingerprint density at radius 1 is 1.55 bits per heavy atom. The van der Waals surface area contributed by atoms with Crippen LogP contribution in [0, 0.1) is 0 Å². The lowest BCUT2D eigenvalue weighted by Crippen LogP contribution is -2.42. The number of hydrogen-bond donors (Lipinski definition) is 3. The summed E-state index contributed by atoms with van der Waals surface area (Å²) in [5.74, 6) is -1.22. The van der Waals surface area contributed by atoms with E-state index in [4.69, 9.17) is 10.2 Å². The molecule has 2 N–H and O–H groups in total. The average molecular weight is 179 g/mol. The fourth-order valence-corrected chi connectivity index (χ4v) is 0.901. The SMILES string of the molecule is CN(C(=O)O)[C@@H](CS)C(=O)O. The fourth-order valence-electron chi connectivity index (χ4n) is 0.500. The Balaban J connectivity index is 4.25. The molecule has 0 fully saturated rings. The van der Waals surface area contributed by atoms with Crippen molar-refractivity contribution in [1.82, 2.24) is 4.90 Å². The van der Waals surface area contributed by atoms with Crippen molar-refractivity contribution in [2.75, 3.05) is 12.8 Å². The lowest BCUT2D eigenvalue weighted by molar-refractivity contribution is -0.141. The minimum atomic E-state index is -1.27. The molecule has 0 aliphatic rings. The predicted molar refractivity (Wildman–Crippen MR) is 41.1 cm³/mol. The van der Waals surface area contributed by atoms with Gasteiger partial charge in [-0.15, -0.1) is 0 Å². The highest BCUT2D eigenvalue weighted by Crippen LogP contribution is 1.99. The van der Waals surface area contributed by atoms with E-state index in [9.17, 15) is 9.59 Å². The first kappa shape index (κ1) is 10.1. The van der Waals surface area contributed by atoms with Gasteiger partial charge in [0.05, 0.1) is 0 Å². The van der Waals surface area contributed by atoms with Gasteiger partial charge in [0.15, 0.2) is 0 Å². The molecule has 0 bridgehead atoms. The van der Waals surface area contributed by atoms with Crippen LogP contribution in [-0.4, -0.2) is 46.0 Å². The van der Waals surface area contributed by atoms with E-state index in [-0.39, 0.29) is 5.75 Å². The molecule has 0 aliphatic carbocycles. The minimum absolute atomic E-state index is 0.0296. The smallest absolute Gasteiger partial charge is 0.407 e. The second-order valence-electron chi connectivity index (χ2n) is 1.93. The quantitative estimate of drug-likeness (QED) is 0.532. The van der Waals surface area contributed by atoms with Gasteiger partial charge in [-0.2, -0.15) is 12.6 Å². The maximum atomic E-state index is 10.3. The molecule has 0 saturated carbocycles. The molecule has 0 aliphatic heterocycles. The number of carboxylic acids is 1. The van der Waals surface area contributed by atoms with Gasteiger partial charge in [-0.25, -0.2) is 9.59 Å². The van der Waals surface area contributed by atoms with Gasteiger partial charge >= 0.3 is 12.1 Å². The summed E-state index contributed by atoms with van der Waals surface area (Å²) in [5.41, 5.74) is 0. The summed E-state index contributed by atoms with van der Waals surface area (Å²) in [6.07, 6.45) is -1.27. The third-order valence-electron chi connectivity index (χ3n) is 1.23. The van der Waals surface area contributed by atoms with Crippen LogP contribution in [0.25, 0.3) is 0 Å². The van der Waals surface area contributed by atoms with E-state index in [2.05, 4.69) is 12.6 Å². The van der Waals surface area contributed by atoms with E-state index in [1.165, 1.54) is 7.05 Å². The molecule has 0 aromatic carbocycles. The zero-order valence-electron chi connectivity index (χ0n) is 5.89. The van der Waals surface area contributed by atoms with Crippen LogP contribution >= 0.6 is 12.6 Å². The second kappa shape index (κ2) is 4.07. The van der Waals surface area contributed by atoms with Crippen molar-refractivity contribution in [1.29, 1.82) is 0 Å². The average Bonchev–Trinajstić information content (AvgIpc) is 1.88. The van der Waals surface area contributed by atoms with E-state index in [0.29, 0.717) is 4.90 Å². The van der Waals surface area contributed by atoms with Crippen molar-refractivity contribution in [3.8, 4) is 0 Å². The molecule has 0 unspecified atom stereocenters. The van der Waals surface area contributed by atoms with Gasteiger partial charge in [-0.05, 0) is 0 Å². The summed E-state index contributed by atoms with van der Waals surface area (Å²) in [5, 5.41) is 16.8. The lowest BCUT2D eigenvalue weighted by Gasteiger charge is -2.19. The number of carbonyl (C=O) groups is 2. The summed E-state index contributed by atoms with van der Waals surface area (Å²) < 4.78 is 0. The maximum absolute atomic E-state index is 10.3. The third kappa shape index (κ3) is 2.67. The molecule has 11 heavy (non-hydrogen) atoms. The highest BCUT2D eigenvalue weighted by Gasteiger charge is 2.24. The molecule has 1 atom stereocenters. The second-order valence-corrected chi connectivity index (χ2v) is 2.30. The van der Waals surface area contributed by atoms with Crippen molar-refractivity contribution in [2.45, 2.75) is 6.04 Å². The number of hydrogen-bond acceptors (Lipinski definition) is 3. The molecule has 6 heteroatoms. The van der Waals surface area contributed by atoms with Gasteiger partial charge in [0, 0.05) is 12.8 Å². The topological polar surface area (TPSA) is 77.8 Å². The van der Waals surface area contributed by atoms with Crippen LogP contribution in [0.3, 0.4) is 0 Å². The molecule has 1 amide bonds. The van der Waals surface area contributed by atoms with Crippen LogP contribution in [-0.2, 0) is 4.79 Å². The third-order valence-corrected chi connectivity index (χ3v) is 1.57. The summed E-state index contributed by atoms with van der Waals surface area (Å²) in [6.45, 7) is 0. The first-order chi connectivity index (χ1) is 5.00. The Labute approximate surface area is 69.0 Å². The molecule has 0 saturated heterocycles. The zero-order valence-corrected chi connectivity index (χ0v) is 6.78. The van der Waals surface area contributed by atoms with E-state index in [1.807, 2.05) is 0 Å². The van der Waals surface area contributed by atoms with Crippen molar-refractivity contribution >= 4 is 24.7 Å². The Kier molecular flexibility index (Phi) is 3.73. The molecule has 0 heterocycles. The van der Waals surface area contributed by atoms with Gasteiger partial charge in [-0.1, -0.05) is 0 Å². The zero-order chi connectivity index (χ0) is 9.02. The standard InChI is InChI=1S/C5H9NO4S/c1-6(5(9)10)3(2-11)4(7)8/h3,11H,2H2,1H3,(H,7,8)(H,9,10)/t3-/m0/s1. The molecule has 0 rings (SSSR count). The highest BCUT2D eigenvalue weighted by atomic mass is 32.1. The van der Waals surface area contributed by atoms with Crippen LogP contribution < -0.4 is 0 Å². The van der Waals surface area contributed by atoms with Gasteiger partial charge in [0.25, 0.3) is 0 Å². The van der Waals surface area contributed by atoms with Gasteiger partial charge < -0.3 is 10.2 Å². The number of rotatable bonds is 3. The van der Waals surface area contributed by atoms with E-state index in [1.54, 1.807) is 0 Å². The van der Waals surface area contributed by atoms with Crippen molar-refractivity contribution < 1.29 is 19.8 Å². The molecular formula is C5H9NO4S. The van der Waals surface area contributed by atoms with Crippen LogP contribution in [0.4, 0.5) is 4.79 Å². The van der Waals surface area contributed by atoms with Crippen LogP contribution in [0.2, 0.25) is 0 Å². The normalized spacial score (nSPS) is 12.2. The summed E-state index contributed by atoms with van der Waals surface area (Å²) in [6, 6.07) is -1.07. The molecule has 5 nitrogen and oxygen atoms in total. The van der Waals surface area contributed by atoms with Crippen LogP contribution in [0.15, 0.2) is 0 Å².